The number of fused-ring (bicyclic) bond motifs is 1. The summed E-state index contributed by atoms with van der Waals surface area (Å²) in [5.41, 5.74) is 0. The summed E-state index contributed by atoms with van der Waals surface area (Å²) in [6.45, 7) is 10.9. The number of aromatic nitrogens is 2. The van der Waals surface area contributed by atoms with Gasteiger partial charge in [0, 0.05) is 25.2 Å². The van der Waals surface area contributed by atoms with Crippen molar-refractivity contribution in [2.75, 3.05) is 18.4 Å². The molecule has 0 aromatic carbocycles. The topological polar surface area (TPSA) is 41.0 Å². The molecule has 0 fully saturated rings. The second-order valence-electron chi connectivity index (χ2n) is 5.21. The lowest BCUT2D eigenvalue weighted by molar-refractivity contribution is 0.182. The van der Waals surface area contributed by atoms with Gasteiger partial charge in [-0.05, 0) is 39.1 Å². The first-order valence-electron chi connectivity index (χ1n) is 6.77. The van der Waals surface area contributed by atoms with Crippen LogP contribution in [0.3, 0.4) is 0 Å². The SMILES string of the molecule is CC(C)N(CCNc1ncnc2sccc12)C(C)C. The van der Waals surface area contributed by atoms with Crippen LogP contribution in [0.4, 0.5) is 5.82 Å². The monoisotopic (exact) mass is 278 g/mol. The smallest absolute Gasteiger partial charge is 0.138 e. The van der Waals surface area contributed by atoms with Gasteiger partial charge in [-0.15, -0.1) is 11.3 Å². The first-order valence-corrected chi connectivity index (χ1v) is 7.65. The van der Waals surface area contributed by atoms with Crippen LogP contribution in [0.5, 0.6) is 0 Å². The van der Waals surface area contributed by atoms with Gasteiger partial charge in [0.1, 0.15) is 17.0 Å². The molecule has 19 heavy (non-hydrogen) atoms. The number of nitrogens with one attached hydrogen (secondary N) is 1. The quantitative estimate of drug-likeness (QED) is 0.881. The van der Waals surface area contributed by atoms with Crippen molar-refractivity contribution in [1.29, 1.82) is 0 Å². The van der Waals surface area contributed by atoms with E-state index in [1.807, 2.05) is 0 Å². The average Bonchev–Trinajstić information content (AvgIpc) is 2.82. The predicted molar refractivity (Wildman–Crippen MR) is 82.9 cm³/mol. The molecule has 2 aromatic rings. The van der Waals surface area contributed by atoms with Gasteiger partial charge in [0.05, 0.1) is 5.39 Å². The average molecular weight is 278 g/mol. The van der Waals surface area contributed by atoms with E-state index in [-0.39, 0.29) is 0 Å². The minimum absolute atomic E-state index is 0.563. The van der Waals surface area contributed by atoms with Gasteiger partial charge in [0.25, 0.3) is 0 Å². The van der Waals surface area contributed by atoms with Crippen LogP contribution in [-0.4, -0.2) is 40.0 Å². The van der Waals surface area contributed by atoms with E-state index in [1.54, 1.807) is 17.7 Å². The Kier molecular flexibility index (Phi) is 4.71. The Balaban J connectivity index is 1.97. The van der Waals surface area contributed by atoms with Crippen LogP contribution < -0.4 is 5.32 Å². The Labute approximate surface area is 118 Å². The first-order chi connectivity index (χ1) is 9.09. The lowest BCUT2D eigenvalue weighted by Gasteiger charge is -2.30. The highest BCUT2D eigenvalue weighted by Gasteiger charge is 2.12. The molecule has 0 amide bonds. The molecule has 1 N–H and O–H groups in total. The fraction of sp³-hybridized carbons (Fsp3) is 0.571. The molecule has 0 saturated heterocycles. The Morgan fingerprint density at radius 1 is 1.21 bits per heavy atom. The minimum atomic E-state index is 0.563. The van der Waals surface area contributed by atoms with Crippen LogP contribution in [0.25, 0.3) is 10.2 Å². The maximum atomic E-state index is 4.33. The van der Waals surface area contributed by atoms with E-state index in [9.17, 15) is 0 Å². The third-order valence-corrected chi connectivity index (χ3v) is 4.07. The zero-order chi connectivity index (χ0) is 13.8. The molecule has 2 rings (SSSR count). The molecule has 0 aliphatic heterocycles. The second kappa shape index (κ2) is 6.30. The van der Waals surface area contributed by atoms with Gasteiger partial charge < -0.3 is 5.32 Å². The molecule has 0 atom stereocenters. The van der Waals surface area contributed by atoms with E-state index in [1.165, 1.54) is 0 Å². The Hall–Kier alpha value is -1.20. The lowest BCUT2D eigenvalue weighted by Crippen LogP contribution is -2.40. The third kappa shape index (κ3) is 3.42. The molecule has 0 unspecified atom stereocenters. The zero-order valence-electron chi connectivity index (χ0n) is 12.1. The van der Waals surface area contributed by atoms with Gasteiger partial charge in [0.2, 0.25) is 0 Å². The minimum Gasteiger partial charge on any atom is -0.368 e. The standard InChI is InChI=1S/C14H22N4S/c1-10(2)18(11(3)4)7-6-15-13-12-5-8-19-14(12)17-9-16-13/h5,8-11H,6-7H2,1-4H3,(H,15,16,17). The van der Waals surface area contributed by atoms with Gasteiger partial charge in [-0.2, -0.15) is 0 Å². The molecule has 0 spiro atoms. The number of hydrogen-bond acceptors (Lipinski definition) is 5. The summed E-state index contributed by atoms with van der Waals surface area (Å²) < 4.78 is 0. The number of nitrogens with zero attached hydrogens (tertiary/aromatic N) is 3. The van der Waals surface area contributed by atoms with Gasteiger partial charge in [-0.3, -0.25) is 4.90 Å². The summed E-state index contributed by atoms with van der Waals surface area (Å²) in [5.74, 6) is 0.943. The molecule has 5 heteroatoms. The molecule has 0 radical (unpaired) electrons. The number of hydrogen-bond donors (Lipinski definition) is 1. The fourth-order valence-electron chi connectivity index (χ4n) is 2.35. The van der Waals surface area contributed by atoms with Crippen LogP contribution in [-0.2, 0) is 0 Å². The molecule has 0 aliphatic rings. The van der Waals surface area contributed by atoms with E-state index in [0.717, 1.165) is 29.1 Å². The highest BCUT2D eigenvalue weighted by Crippen LogP contribution is 2.23. The van der Waals surface area contributed by atoms with E-state index in [2.05, 4.69) is 59.3 Å². The largest absolute Gasteiger partial charge is 0.368 e. The summed E-state index contributed by atoms with van der Waals surface area (Å²) in [4.78, 5) is 12.1. The van der Waals surface area contributed by atoms with Crippen molar-refractivity contribution in [1.82, 2.24) is 14.9 Å². The van der Waals surface area contributed by atoms with E-state index >= 15 is 0 Å². The summed E-state index contributed by atoms with van der Waals surface area (Å²) in [5, 5.41) is 6.60. The third-order valence-electron chi connectivity index (χ3n) is 3.25. The van der Waals surface area contributed by atoms with Crippen LogP contribution in [0, 0.1) is 0 Å². The summed E-state index contributed by atoms with van der Waals surface area (Å²) >= 11 is 1.65. The van der Waals surface area contributed by atoms with Crippen molar-refractivity contribution in [3.05, 3.63) is 17.8 Å². The van der Waals surface area contributed by atoms with Crippen molar-refractivity contribution in [2.24, 2.45) is 0 Å². The van der Waals surface area contributed by atoms with Gasteiger partial charge >= 0.3 is 0 Å². The van der Waals surface area contributed by atoms with Crippen LogP contribution in [0.2, 0.25) is 0 Å². The number of rotatable bonds is 6. The molecule has 0 bridgehead atoms. The Morgan fingerprint density at radius 3 is 2.63 bits per heavy atom. The van der Waals surface area contributed by atoms with Crippen molar-refractivity contribution in [2.45, 2.75) is 39.8 Å². The van der Waals surface area contributed by atoms with E-state index in [4.69, 9.17) is 0 Å². The summed E-state index contributed by atoms with van der Waals surface area (Å²) in [7, 11) is 0. The van der Waals surface area contributed by atoms with Crippen molar-refractivity contribution >= 4 is 27.4 Å². The molecular weight excluding hydrogens is 256 g/mol. The Morgan fingerprint density at radius 2 is 1.95 bits per heavy atom. The summed E-state index contributed by atoms with van der Waals surface area (Å²) in [6, 6.07) is 3.20. The van der Waals surface area contributed by atoms with Crippen molar-refractivity contribution in [3.8, 4) is 0 Å². The van der Waals surface area contributed by atoms with Gasteiger partial charge in [0.15, 0.2) is 0 Å². The van der Waals surface area contributed by atoms with Crippen LogP contribution in [0.15, 0.2) is 17.8 Å². The molecule has 2 aromatic heterocycles. The zero-order valence-corrected chi connectivity index (χ0v) is 12.9. The highest BCUT2D eigenvalue weighted by atomic mass is 32.1. The lowest BCUT2D eigenvalue weighted by atomic mass is 10.2. The van der Waals surface area contributed by atoms with Crippen LogP contribution >= 0.6 is 11.3 Å². The molecule has 4 nitrogen and oxygen atoms in total. The second-order valence-corrected chi connectivity index (χ2v) is 6.11. The number of thiophene rings is 1. The normalized spacial score (nSPS) is 11.9. The molecule has 2 heterocycles. The Bertz CT molecular complexity index is 513. The first kappa shape index (κ1) is 14.2. The van der Waals surface area contributed by atoms with Crippen LogP contribution in [0.1, 0.15) is 27.7 Å². The van der Waals surface area contributed by atoms with Gasteiger partial charge in [-0.1, -0.05) is 0 Å². The van der Waals surface area contributed by atoms with E-state index < -0.39 is 0 Å². The van der Waals surface area contributed by atoms with Crippen molar-refractivity contribution < 1.29 is 0 Å². The highest BCUT2D eigenvalue weighted by molar-refractivity contribution is 7.16. The number of anilines is 1. The van der Waals surface area contributed by atoms with Gasteiger partial charge in [-0.25, -0.2) is 9.97 Å². The molecule has 0 aliphatic carbocycles. The molecule has 104 valence electrons. The predicted octanol–water partition coefficient (Wildman–Crippen LogP) is 3.22. The maximum Gasteiger partial charge on any atom is 0.138 e. The fourth-order valence-corrected chi connectivity index (χ4v) is 3.08. The summed E-state index contributed by atoms with van der Waals surface area (Å²) in [6.07, 6.45) is 1.63. The maximum absolute atomic E-state index is 4.33. The molecule has 0 saturated carbocycles. The van der Waals surface area contributed by atoms with E-state index in [0.29, 0.717) is 12.1 Å². The molecular formula is C14H22N4S. The van der Waals surface area contributed by atoms with Crippen molar-refractivity contribution in [3.63, 3.8) is 0 Å².